The Balaban J connectivity index is 1.50. The number of aromatic nitrogens is 2. The van der Waals surface area contributed by atoms with E-state index in [1.54, 1.807) is 29.2 Å². The van der Waals surface area contributed by atoms with Crippen LogP contribution in [0.2, 0.25) is 0 Å². The lowest BCUT2D eigenvalue weighted by atomic mass is 9.95. The number of nitrogens with zero attached hydrogens (tertiary/aromatic N) is 3. The van der Waals surface area contributed by atoms with E-state index in [-0.39, 0.29) is 23.7 Å². The summed E-state index contributed by atoms with van der Waals surface area (Å²) in [5, 5.41) is 7.14. The quantitative estimate of drug-likeness (QED) is 0.618. The van der Waals surface area contributed by atoms with Crippen LogP contribution < -0.4 is 10.1 Å². The molecule has 2 aliphatic rings. The highest BCUT2D eigenvalue weighted by Gasteiger charge is 2.48. The summed E-state index contributed by atoms with van der Waals surface area (Å²) in [6, 6.07) is 12.3. The molecular weight excluding hydrogens is 433 g/mol. The smallest absolute Gasteiger partial charge is 0.410 e. The molecule has 2 aromatic carbocycles. The average Bonchev–Trinajstić information content (AvgIpc) is 3.25. The molecule has 172 valence electrons. The number of ether oxygens (including phenoxy) is 1. The topological polar surface area (TPSA) is 59.4 Å². The van der Waals surface area contributed by atoms with Crippen LogP contribution in [0.25, 0.3) is 0 Å². The van der Waals surface area contributed by atoms with E-state index < -0.39 is 18.3 Å². The van der Waals surface area contributed by atoms with Crippen LogP contribution in [-0.2, 0) is 13.0 Å². The first-order valence-corrected chi connectivity index (χ1v) is 10.8. The zero-order chi connectivity index (χ0) is 23.2. The summed E-state index contributed by atoms with van der Waals surface area (Å²) >= 11 is 0. The van der Waals surface area contributed by atoms with Gasteiger partial charge in [0.1, 0.15) is 17.1 Å². The lowest BCUT2D eigenvalue weighted by Gasteiger charge is -2.35. The molecule has 2 atom stereocenters. The maximum atomic E-state index is 14.0. The second-order valence-electron chi connectivity index (χ2n) is 8.33. The van der Waals surface area contributed by atoms with Gasteiger partial charge in [-0.2, -0.15) is 18.3 Å². The number of fused-ring (bicyclic) bond motifs is 2. The van der Waals surface area contributed by atoms with E-state index in [0.717, 1.165) is 10.2 Å². The molecule has 1 N–H and O–H groups in total. The second-order valence-corrected chi connectivity index (χ2v) is 8.33. The van der Waals surface area contributed by atoms with Gasteiger partial charge in [-0.3, -0.25) is 4.79 Å². The Bertz CT molecular complexity index is 1190. The van der Waals surface area contributed by atoms with E-state index in [0.29, 0.717) is 30.8 Å². The molecule has 0 fully saturated rings. The highest BCUT2D eigenvalue weighted by atomic mass is 19.4. The molecule has 1 amide bonds. The fourth-order valence-electron chi connectivity index (χ4n) is 4.72. The Morgan fingerprint density at radius 1 is 1.12 bits per heavy atom. The van der Waals surface area contributed by atoms with Gasteiger partial charge in [-0.15, -0.1) is 0 Å². The molecule has 0 radical (unpaired) electrons. The summed E-state index contributed by atoms with van der Waals surface area (Å²) in [6.07, 6.45) is -2.83. The third-order valence-electron chi connectivity index (χ3n) is 6.40. The third kappa shape index (κ3) is 3.81. The predicted octanol–water partition coefficient (Wildman–Crippen LogP) is 4.75. The van der Waals surface area contributed by atoms with E-state index in [1.165, 1.54) is 18.9 Å². The SMILES string of the molecule is COc1ccccc1[C@H]1C[C@H](C(F)(F)F)n2ncc(C(=O)N3CCc4ccccc4C3)c2N1. The molecular formula is C24H23F3N4O2. The zero-order valence-electron chi connectivity index (χ0n) is 18.0. The molecule has 0 spiro atoms. The number of carbonyl (C=O) groups is 1. The molecule has 0 saturated heterocycles. The van der Waals surface area contributed by atoms with Gasteiger partial charge in [0.2, 0.25) is 0 Å². The van der Waals surface area contributed by atoms with Crippen molar-refractivity contribution >= 4 is 11.7 Å². The Morgan fingerprint density at radius 2 is 1.85 bits per heavy atom. The normalized spacial score (nSPS) is 19.9. The van der Waals surface area contributed by atoms with E-state index in [1.807, 2.05) is 24.3 Å². The molecule has 6 nitrogen and oxygen atoms in total. The van der Waals surface area contributed by atoms with Crippen molar-refractivity contribution in [3.8, 4) is 5.75 Å². The number of halogens is 3. The van der Waals surface area contributed by atoms with Gasteiger partial charge in [-0.1, -0.05) is 42.5 Å². The molecule has 1 aromatic heterocycles. The van der Waals surface area contributed by atoms with Crippen molar-refractivity contribution in [3.63, 3.8) is 0 Å². The number of anilines is 1. The number of para-hydroxylation sites is 1. The van der Waals surface area contributed by atoms with Crippen molar-refractivity contribution in [3.05, 3.63) is 77.0 Å². The van der Waals surface area contributed by atoms with Gasteiger partial charge < -0.3 is 15.0 Å². The molecule has 0 bridgehead atoms. The van der Waals surface area contributed by atoms with E-state index in [4.69, 9.17) is 4.74 Å². The van der Waals surface area contributed by atoms with Crippen molar-refractivity contribution in [2.45, 2.75) is 37.6 Å². The summed E-state index contributed by atoms with van der Waals surface area (Å²) in [5.74, 6) is 0.243. The molecule has 2 aliphatic heterocycles. The minimum atomic E-state index is -4.52. The molecule has 3 aromatic rings. The van der Waals surface area contributed by atoms with Crippen LogP contribution in [-0.4, -0.2) is 40.4 Å². The van der Waals surface area contributed by atoms with Gasteiger partial charge in [0.05, 0.1) is 19.3 Å². The molecule has 0 saturated carbocycles. The fraction of sp³-hybridized carbons (Fsp3) is 0.333. The highest BCUT2D eigenvalue weighted by Crippen LogP contribution is 2.46. The van der Waals surface area contributed by atoms with E-state index in [2.05, 4.69) is 10.4 Å². The standard InChI is InChI=1S/C24H23F3N4O2/c1-33-20-9-5-4-8-17(20)19-12-21(24(25,26)27)31-22(29-19)18(13-28-31)23(32)30-11-10-15-6-2-3-7-16(15)14-30/h2-9,13,19,21,29H,10-12,14H2,1H3/t19-,21-/m1/s1. The molecule has 0 aliphatic carbocycles. The number of carbonyl (C=O) groups excluding carboxylic acids is 1. The van der Waals surface area contributed by atoms with Gasteiger partial charge in [-0.25, -0.2) is 4.68 Å². The monoisotopic (exact) mass is 456 g/mol. The van der Waals surface area contributed by atoms with E-state index >= 15 is 0 Å². The van der Waals surface area contributed by atoms with Crippen LogP contribution in [0.1, 0.15) is 45.6 Å². The van der Waals surface area contributed by atoms with Crippen LogP contribution in [0.4, 0.5) is 19.0 Å². The first kappa shape index (κ1) is 21.4. The van der Waals surface area contributed by atoms with Crippen LogP contribution in [0.15, 0.2) is 54.7 Å². The lowest BCUT2D eigenvalue weighted by Crippen LogP contribution is -2.38. The maximum Gasteiger partial charge on any atom is 0.410 e. The van der Waals surface area contributed by atoms with Crippen LogP contribution in [0.3, 0.4) is 0 Å². The third-order valence-corrected chi connectivity index (χ3v) is 6.40. The first-order chi connectivity index (χ1) is 15.9. The van der Waals surface area contributed by atoms with Crippen molar-refractivity contribution in [1.82, 2.24) is 14.7 Å². The Kier molecular flexibility index (Phi) is 5.26. The number of benzene rings is 2. The van der Waals surface area contributed by atoms with Crippen molar-refractivity contribution in [2.24, 2.45) is 0 Å². The van der Waals surface area contributed by atoms with Gasteiger partial charge in [0.25, 0.3) is 5.91 Å². The summed E-state index contributed by atoms with van der Waals surface area (Å²) in [4.78, 5) is 15.1. The van der Waals surface area contributed by atoms with Gasteiger partial charge in [0, 0.05) is 25.1 Å². The minimum Gasteiger partial charge on any atom is -0.496 e. The van der Waals surface area contributed by atoms with Crippen molar-refractivity contribution < 1.29 is 22.7 Å². The molecule has 5 rings (SSSR count). The Morgan fingerprint density at radius 3 is 2.61 bits per heavy atom. The second kappa shape index (κ2) is 8.13. The van der Waals surface area contributed by atoms with Crippen molar-refractivity contribution in [2.75, 3.05) is 19.0 Å². The van der Waals surface area contributed by atoms with Gasteiger partial charge in [-0.05, 0) is 23.6 Å². The van der Waals surface area contributed by atoms with E-state index in [9.17, 15) is 18.0 Å². The predicted molar refractivity (Wildman–Crippen MR) is 116 cm³/mol. The summed E-state index contributed by atoms with van der Waals surface area (Å²) in [6.45, 7) is 0.914. The number of hydrogen-bond donors (Lipinski definition) is 1. The Hall–Kier alpha value is -3.49. The maximum absolute atomic E-state index is 14.0. The average molecular weight is 456 g/mol. The Labute approximate surface area is 189 Å². The molecule has 9 heteroatoms. The highest BCUT2D eigenvalue weighted by molar-refractivity contribution is 5.99. The van der Waals surface area contributed by atoms with Crippen LogP contribution in [0, 0.1) is 0 Å². The van der Waals surface area contributed by atoms with Gasteiger partial charge >= 0.3 is 6.18 Å². The van der Waals surface area contributed by atoms with Crippen molar-refractivity contribution in [1.29, 1.82) is 0 Å². The minimum absolute atomic E-state index is 0.0864. The van der Waals surface area contributed by atoms with Crippen LogP contribution >= 0.6 is 0 Å². The van der Waals surface area contributed by atoms with Crippen LogP contribution in [0.5, 0.6) is 5.75 Å². The molecule has 0 unspecified atom stereocenters. The fourth-order valence-corrected chi connectivity index (χ4v) is 4.72. The number of alkyl halides is 3. The number of nitrogens with one attached hydrogen (secondary N) is 1. The number of hydrogen-bond acceptors (Lipinski definition) is 4. The summed E-state index contributed by atoms with van der Waals surface area (Å²) in [7, 11) is 1.48. The number of amides is 1. The van der Waals surface area contributed by atoms with Gasteiger partial charge in [0.15, 0.2) is 6.04 Å². The first-order valence-electron chi connectivity index (χ1n) is 10.8. The molecule has 3 heterocycles. The number of rotatable bonds is 3. The largest absolute Gasteiger partial charge is 0.496 e. The lowest BCUT2D eigenvalue weighted by molar-refractivity contribution is -0.173. The zero-order valence-corrected chi connectivity index (χ0v) is 18.0. The molecule has 33 heavy (non-hydrogen) atoms. The number of methoxy groups -OCH3 is 1. The summed E-state index contributed by atoms with van der Waals surface area (Å²) in [5.41, 5.74) is 2.98. The summed E-state index contributed by atoms with van der Waals surface area (Å²) < 4.78 is 48.3.